The number of carbonyl (C=O) groups excluding carboxylic acids is 1. The van der Waals surface area contributed by atoms with Gasteiger partial charge in [0.2, 0.25) is 0 Å². The highest BCUT2D eigenvalue weighted by Gasteiger charge is 2.31. The van der Waals surface area contributed by atoms with Gasteiger partial charge in [0.25, 0.3) is 5.91 Å². The molecule has 4 aromatic rings. The molecule has 1 heterocycles. The molecule has 1 N–H and O–H groups in total. The third kappa shape index (κ3) is 6.44. The molecule has 1 aromatic heterocycles. The van der Waals surface area contributed by atoms with Crippen LogP contribution in [0.3, 0.4) is 0 Å². The first-order valence-electron chi connectivity index (χ1n) is 11.1. The van der Waals surface area contributed by atoms with Crippen LogP contribution in [-0.2, 0) is 18.5 Å². The van der Waals surface area contributed by atoms with E-state index in [0.29, 0.717) is 21.8 Å². The first-order chi connectivity index (χ1) is 17.7. The fourth-order valence-electron chi connectivity index (χ4n) is 3.58. The number of ether oxygens (including phenoxy) is 1. The van der Waals surface area contributed by atoms with Crippen LogP contribution in [-0.4, -0.2) is 27.8 Å². The number of methoxy groups -OCH3 is 1. The SMILES string of the molecule is COc1cccc(CSc2nnc(CNC(=O)c3cccc(C(F)(F)F)c3)n2-c2cc(Cl)ccc2C)c1. The molecule has 0 bridgehead atoms. The van der Waals surface area contributed by atoms with Crippen molar-refractivity contribution in [2.45, 2.75) is 30.6 Å². The van der Waals surface area contributed by atoms with Crippen LogP contribution in [0, 0.1) is 6.92 Å². The zero-order chi connectivity index (χ0) is 26.6. The molecule has 1 amide bonds. The molecule has 11 heteroatoms. The molecular formula is C26H22ClF3N4O2S. The lowest BCUT2D eigenvalue weighted by molar-refractivity contribution is -0.137. The number of hydrogen-bond acceptors (Lipinski definition) is 5. The molecule has 0 aliphatic heterocycles. The second-order valence-electron chi connectivity index (χ2n) is 8.07. The lowest BCUT2D eigenvalue weighted by Gasteiger charge is -2.14. The van der Waals surface area contributed by atoms with Crippen LogP contribution < -0.4 is 10.1 Å². The molecule has 192 valence electrons. The molecule has 3 aromatic carbocycles. The number of amides is 1. The number of thioether (sulfide) groups is 1. The molecule has 0 aliphatic carbocycles. The van der Waals surface area contributed by atoms with Gasteiger partial charge in [-0.3, -0.25) is 9.36 Å². The average molecular weight is 547 g/mol. The van der Waals surface area contributed by atoms with Crippen LogP contribution in [0.5, 0.6) is 5.75 Å². The quantitative estimate of drug-likeness (QED) is 0.256. The Hall–Kier alpha value is -3.50. The second-order valence-corrected chi connectivity index (χ2v) is 9.45. The number of rotatable bonds is 8. The Morgan fingerprint density at radius 3 is 2.62 bits per heavy atom. The van der Waals surface area contributed by atoms with Gasteiger partial charge in [0.15, 0.2) is 11.0 Å². The summed E-state index contributed by atoms with van der Waals surface area (Å²) in [6, 6.07) is 17.3. The number of hydrogen-bond donors (Lipinski definition) is 1. The smallest absolute Gasteiger partial charge is 0.416 e. The number of nitrogens with one attached hydrogen (secondary N) is 1. The van der Waals surface area contributed by atoms with Crippen molar-refractivity contribution < 1.29 is 22.7 Å². The maximum atomic E-state index is 13.1. The summed E-state index contributed by atoms with van der Waals surface area (Å²) < 4.78 is 46.3. The van der Waals surface area contributed by atoms with E-state index in [1.54, 1.807) is 23.8 Å². The highest BCUT2D eigenvalue weighted by atomic mass is 35.5. The van der Waals surface area contributed by atoms with E-state index in [1.807, 2.05) is 37.3 Å². The number of alkyl halides is 3. The van der Waals surface area contributed by atoms with Gasteiger partial charge in [-0.25, -0.2) is 0 Å². The predicted octanol–water partition coefficient (Wildman–Crippen LogP) is 6.48. The van der Waals surface area contributed by atoms with Crippen molar-refractivity contribution in [2.75, 3.05) is 7.11 Å². The number of aryl methyl sites for hydroxylation is 1. The fourth-order valence-corrected chi connectivity index (χ4v) is 4.66. The minimum Gasteiger partial charge on any atom is -0.497 e. The molecule has 37 heavy (non-hydrogen) atoms. The van der Waals surface area contributed by atoms with Crippen molar-refractivity contribution in [1.29, 1.82) is 0 Å². The Morgan fingerprint density at radius 1 is 1.08 bits per heavy atom. The minimum absolute atomic E-state index is 0.0618. The first-order valence-corrected chi connectivity index (χ1v) is 12.4. The summed E-state index contributed by atoms with van der Waals surface area (Å²) >= 11 is 7.71. The largest absolute Gasteiger partial charge is 0.497 e. The summed E-state index contributed by atoms with van der Waals surface area (Å²) in [7, 11) is 1.60. The summed E-state index contributed by atoms with van der Waals surface area (Å²) in [5, 5.41) is 12.3. The van der Waals surface area contributed by atoms with E-state index in [0.717, 1.165) is 34.7 Å². The van der Waals surface area contributed by atoms with Gasteiger partial charge in [0.1, 0.15) is 5.75 Å². The van der Waals surface area contributed by atoms with Gasteiger partial charge in [-0.1, -0.05) is 47.6 Å². The Bertz CT molecular complexity index is 1430. The maximum Gasteiger partial charge on any atom is 0.416 e. The third-order valence-corrected chi connectivity index (χ3v) is 6.71. The van der Waals surface area contributed by atoms with Gasteiger partial charge >= 0.3 is 6.18 Å². The van der Waals surface area contributed by atoms with Gasteiger partial charge in [0, 0.05) is 16.3 Å². The molecule has 0 atom stereocenters. The molecule has 0 fully saturated rings. The second kappa shape index (κ2) is 11.3. The Kier molecular flexibility index (Phi) is 8.09. The molecular weight excluding hydrogens is 525 g/mol. The van der Waals surface area contributed by atoms with Crippen molar-refractivity contribution in [3.05, 3.63) is 99.8 Å². The van der Waals surface area contributed by atoms with Crippen LogP contribution in [0.4, 0.5) is 13.2 Å². The number of benzene rings is 3. The number of halogens is 4. The van der Waals surface area contributed by atoms with E-state index in [1.165, 1.54) is 23.9 Å². The molecule has 4 rings (SSSR count). The Labute approximate surface area is 220 Å². The summed E-state index contributed by atoms with van der Waals surface area (Å²) in [6.45, 7) is 1.85. The van der Waals surface area contributed by atoms with Crippen LogP contribution in [0.1, 0.15) is 32.9 Å². The number of aromatic nitrogens is 3. The normalized spacial score (nSPS) is 11.4. The average Bonchev–Trinajstić information content (AvgIpc) is 3.29. The van der Waals surface area contributed by atoms with E-state index >= 15 is 0 Å². The predicted molar refractivity (Wildman–Crippen MR) is 136 cm³/mol. The molecule has 0 unspecified atom stereocenters. The lowest BCUT2D eigenvalue weighted by Crippen LogP contribution is -2.25. The summed E-state index contributed by atoms with van der Waals surface area (Å²) in [6.07, 6.45) is -4.55. The summed E-state index contributed by atoms with van der Waals surface area (Å²) in [5.41, 5.74) is 1.65. The van der Waals surface area contributed by atoms with Crippen molar-refractivity contribution in [3.8, 4) is 11.4 Å². The Balaban J connectivity index is 1.60. The van der Waals surface area contributed by atoms with Crippen LogP contribution >= 0.6 is 23.4 Å². The Morgan fingerprint density at radius 2 is 1.86 bits per heavy atom. The molecule has 0 spiro atoms. The van der Waals surface area contributed by atoms with Gasteiger partial charge < -0.3 is 10.1 Å². The van der Waals surface area contributed by atoms with Gasteiger partial charge in [0.05, 0.1) is 24.9 Å². The van der Waals surface area contributed by atoms with Crippen LogP contribution in [0.25, 0.3) is 5.69 Å². The van der Waals surface area contributed by atoms with E-state index in [2.05, 4.69) is 15.5 Å². The number of carbonyl (C=O) groups is 1. The molecule has 0 radical (unpaired) electrons. The van der Waals surface area contributed by atoms with E-state index < -0.39 is 17.6 Å². The van der Waals surface area contributed by atoms with Crippen molar-refractivity contribution in [1.82, 2.24) is 20.1 Å². The monoisotopic (exact) mass is 546 g/mol. The van der Waals surface area contributed by atoms with E-state index in [9.17, 15) is 18.0 Å². The summed E-state index contributed by atoms with van der Waals surface area (Å²) in [4.78, 5) is 12.7. The highest BCUT2D eigenvalue weighted by molar-refractivity contribution is 7.98. The summed E-state index contributed by atoms with van der Waals surface area (Å²) in [5.74, 6) is 1.06. The lowest BCUT2D eigenvalue weighted by atomic mass is 10.1. The molecule has 0 saturated carbocycles. The first kappa shape index (κ1) is 26.6. The van der Waals surface area contributed by atoms with Crippen LogP contribution in [0.15, 0.2) is 71.9 Å². The molecule has 6 nitrogen and oxygen atoms in total. The zero-order valence-electron chi connectivity index (χ0n) is 19.8. The van der Waals surface area contributed by atoms with Gasteiger partial charge in [-0.2, -0.15) is 13.2 Å². The number of nitrogens with zero attached hydrogens (tertiary/aromatic N) is 3. The minimum atomic E-state index is -4.55. The zero-order valence-corrected chi connectivity index (χ0v) is 21.4. The van der Waals surface area contributed by atoms with Gasteiger partial charge in [-0.15, -0.1) is 10.2 Å². The standard InChI is InChI=1S/C26H22ClF3N4O2S/c1-16-9-10-20(27)13-22(16)34-23(14-31-24(35)18-6-4-7-19(12-18)26(28,29)30)32-33-25(34)37-15-17-5-3-8-21(11-17)36-2/h3-13H,14-15H2,1-2H3,(H,31,35). The van der Waals surface area contributed by atoms with Crippen LogP contribution in [0.2, 0.25) is 5.02 Å². The van der Waals surface area contributed by atoms with E-state index in [-0.39, 0.29) is 12.1 Å². The van der Waals surface area contributed by atoms with E-state index in [4.69, 9.17) is 16.3 Å². The maximum absolute atomic E-state index is 13.1. The van der Waals surface area contributed by atoms with Crippen molar-refractivity contribution >= 4 is 29.3 Å². The van der Waals surface area contributed by atoms with Gasteiger partial charge in [-0.05, 0) is 60.5 Å². The fraction of sp³-hybridized carbons (Fsp3) is 0.192. The third-order valence-electron chi connectivity index (χ3n) is 5.47. The highest BCUT2D eigenvalue weighted by Crippen LogP contribution is 2.31. The van der Waals surface area contributed by atoms with Crippen molar-refractivity contribution in [2.24, 2.45) is 0 Å². The molecule has 0 saturated heterocycles. The van der Waals surface area contributed by atoms with Crippen molar-refractivity contribution in [3.63, 3.8) is 0 Å². The molecule has 0 aliphatic rings. The topological polar surface area (TPSA) is 69.0 Å².